The number of aromatic amines is 1. The Balaban J connectivity index is 1.95. The summed E-state index contributed by atoms with van der Waals surface area (Å²) in [6.45, 7) is 0.218. The maximum Gasteiger partial charge on any atom is 0.242 e. The third kappa shape index (κ3) is 3.78. The molecule has 1 aromatic heterocycles. The van der Waals surface area contributed by atoms with E-state index in [1.165, 1.54) is 6.07 Å². The van der Waals surface area contributed by atoms with Crippen molar-refractivity contribution in [3.63, 3.8) is 0 Å². The van der Waals surface area contributed by atoms with Gasteiger partial charge in [0.15, 0.2) is 0 Å². The van der Waals surface area contributed by atoms with Crippen LogP contribution in [0.3, 0.4) is 0 Å². The number of halogens is 2. The average molecular weight is 318 g/mol. The Bertz CT molecular complexity index is 674. The molecule has 0 saturated heterocycles. The standard InChI is InChI=1S/C12H13ClFN3O2S/c13-10-4-3-9(14)8-11(10)20(18,19)17-5-1-2-12-15-6-7-16-12/h3-4,6-8,17H,1-2,5H2,(H,15,16). The molecule has 0 unspecified atom stereocenters. The van der Waals surface area contributed by atoms with E-state index < -0.39 is 15.8 Å². The van der Waals surface area contributed by atoms with Crippen LogP contribution in [-0.4, -0.2) is 24.9 Å². The van der Waals surface area contributed by atoms with Gasteiger partial charge in [0.05, 0.1) is 5.02 Å². The van der Waals surface area contributed by atoms with E-state index in [2.05, 4.69) is 14.7 Å². The molecule has 0 bridgehead atoms. The lowest BCUT2D eigenvalue weighted by Gasteiger charge is -2.08. The molecule has 0 spiro atoms. The minimum absolute atomic E-state index is 0.00932. The number of hydrogen-bond acceptors (Lipinski definition) is 3. The molecule has 0 saturated carbocycles. The minimum atomic E-state index is -3.81. The fourth-order valence-electron chi connectivity index (χ4n) is 1.66. The highest BCUT2D eigenvalue weighted by molar-refractivity contribution is 7.89. The molecular formula is C12H13ClFN3O2S. The summed E-state index contributed by atoms with van der Waals surface area (Å²) in [4.78, 5) is 6.70. The van der Waals surface area contributed by atoms with Crippen LogP contribution >= 0.6 is 11.6 Å². The smallest absolute Gasteiger partial charge is 0.242 e. The van der Waals surface area contributed by atoms with Crippen LogP contribution in [0, 0.1) is 5.82 Å². The monoisotopic (exact) mass is 317 g/mol. The Morgan fingerprint density at radius 1 is 1.40 bits per heavy atom. The van der Waals surface area contributed by atoms with E-state index >= 15 is 0 Å². The maximum absolute atomic E-state index is 13.1. The molecule has 5 nitrogen and oxygen atoms in total. The van der Waals surface area contributed by atoms with Crippen molar-refractivity contribution in [2.45, 2.75) is 17.7 Å². The number of benzene rings is 1. The Labute approximate surface area is 121 Å². The van der Waals surface area contributed by atoms with Gasteiger partial charge in [0.1, 0.15) is 16.5 Å². The first-order chi connectivity index (χ1) is 9.49. The summed E-state index contributed by atoms with van der Waals surface area (Å²) in [5.74, 6) is 0.137. The summed E-state index contributed by atoms with van der Waals surface area (Å²) in [6.07, 6.45) is 4.52. The first-order valence-corrected chi connectivity index (χ1v) is 7.78. The van der Waals surface area contributed by atoms with Crippen LogP contribution in [0.2, 0.25) is 5.02 Å². The van der Waals surface area contributed by atoms with Gasteiger partial charge >= 0.3 is 0 Å². The van der Waals surface area contributed by atoms with Gasteiger partial charge < -0.3 is 4.98 Å². The zero-order chi connectivity index (χ0) is 14.6. The van der Waals surface area contributed by atoms with Crippen molar-refractivity contribution in [1.82, 2.24) is 14.7 Å². The summed E-state index contributed by atoms with van der Waals surface area (Å²) in [5.41, 5.74) is 0. The topological polar surface area (TPSA) is 74.8 Å². The zero-order valence-corrected chi connectivity index (χ0v) is 12.0. The fraction of sp³-hybridized carbons (Fsp3) is 0.250. The van der Waals surface area contributed by atoms with Crippen molar-refractivity contribution in [3.05, 3.63) is 47.3 Å². The second-order valence-corrected chi connectivity index (χ2v) is 6.25. The van der Waals surface area contributed by atoms with Gasteiger partial charge in [0.2, 0.25) is 10.0 Å². The largest absolute Gasteiger partial charge is 0.349 e. The summed E-state index contributed by atoms with van der Waals surface area (Å²) in [6, 6.07) is 3.23. The van der Waals surface area contributed by atoms with Crippen molar-refractivity contribution in [3.8, 4) is 0 Å². The van der Waals surface area contributed by atoms with E-state index in [1.807, 2.05) is 0 Å². The second kappa shape index (κ2) is 6.34. The predicted octanol–water partition coefficient (Wildman–Crippen LogP) is 2.11. The highest BCUT2D eigenvalue weighted by Crippen LogP contribution is 2.21. The molecule has 0 fully saturated rings. The first-order valence-electron chi connectivity index (χ1n) is 5.92. The van der Waals surface area contributed by atoms with Gasteiger partial charge in [-0.05, 0) is 24.6 Å². The zero-order valence-electron chi connectivity index (χ0n) is 10.4. The molecule has 0 radical (unpaired) electrons. The summed E-state index contributed by atoms with van der Waals surface area (Å²) in [7, 11) is -3.81. The van der Waals surface area contributed by atoms with Crippen molar-refractivity contribution in [1.29, 1.82) is 0 Å². The molecule has 0 amide bonds. The molecule has 2 N–H and O–H groups in total. The number of hydrogen-bond donors (Lipinski definition) is 2. The summed E-state index contributed by atoms with van der Waals surface area (Å²) >= 11 is 5.77. The fourth-order valence-corrected chi connectivity index (χ4v) is 3.24. The first kappa shape index (κ1) is 15.0. The van der Waals surface area contributed by atoms with Gasteiger partial charge in [-0.15, -0.1) is 0 Å². The molecule has 108 valence electrons. The van der Waals surface area contributed by atoms with Gasteiger partial charge in [0, 0.05) is 25.4 Å². The Hall–Kier alpha value is -1.44. The predicted molar refractivity (Wildman–Crippen MR) is 73.5 cm³/mol. The molecule has 1 aromatic carbocycles. The van der Waals surface area contributed by atoms with Gasteiger partial charge in [-0.25, -0.2) is 22.5 Å². The van der Waals surface area contributed by atoms with Gasteiger partial charge in [0.25, 0.3) is 0 Å². The number of H-pyrrole nitrogens is 1. The molecule has 2 aromatic rings. The Morgan fingerprint density at radius 3 is 2.90 bits per heavy atom. The SMILES string of the molecule is O=S(=O)(NCCCc1ncc[nH]1)c1cc(F)ccc1Cl. The number of rotatable bonds is 6. The quantitative estimate of drug-likeness (QED) is 0.801. The van der Waals surface area contributed by atoms with E-state index in [0.717, 1.165) is 18.0 Å². The lowest BCUT2D eigenvalue weighted by Crippen LogP contribution is -2.25. The summed E-state index contributed by atoms with van der Waals surface area (Å²) in [5, 5.41) is -0.00932. The molecular weight excluding hydrogens is 305 g/mol. The third-order valence-electron chi connectivity index (χ3n) is 2.62. The Morgan fingerprint density at radius 2 is 2.20 bits per heavy atom. The van der Waals surface area contributed by atoms with Crippen LogP contribution in [0.15, 0.2) is 35.5 Å². The number of nitrogens with one attached hydrogen (secondary N) is 2. The number of aryl methyl sites for hydroxylation is 1. The number of sulfonamides is 1. The van der Waals surface area contributed by atoms with E-state index in [0.29, 0.717) is 12.8 Å². The molecule has 0 aliphatic carbocycles. The van der Waals surface area contributed by atoms with Crippen LogP contribution in [0.4, 0.5) is 4.39 Å². The van der Waals surface area contributed by atoms with Crippen LogP contribution in [0.5, 0.6) is 0 Å². The molecule has 1 heterocycles. The van der Waals surface area contributed by atoms with Crippen LogP contribution in [0.1, 0.15) is 12.2 Å². The molecule has 0 aliphatic rings. The lowest BCUT2D eigenvalue weighted by atomic mass is 10.3. The van der Waals surface area contributed by atoms with E-state index in [-0.39, 0.29) is 16.5 Å². The highest BCUT2D eigenvalue weighted by Gasteiger charge is 2.18. The Kier molecular flexibility index (Phi) is 4.74. The highest BCUT2D eigenvalue weighted by atomic mass is 35.5. The van der Waals surface area contributed by atoms with E-state index in [4.69, 9.17) is 11.6 Å². The van der Waals surface area contributed by atoms with E-state index in [1.54, 1.807) is 12.4 Å². The number of aromatic nitrogens is 2. The summed E-state index contributed by atoms with van der Waals surface area (Å²) < 4.78 is 39.4. The van der Waals surface area contributed by atoms with Crippen molar-refractivity contribution >= 4 is 21.6 Å². The molecule has 20 heavy (non-hydrogen) atoms. The molecule has 8 heteroatoms. The second-order valence-electron chi connectivity index (χ2n) is 4.11. The van der Waals surface area contributed by atoms with Crippen LogP contribution in [-0.2, 0) is 16.4 Å². The molecule has 2 rings (SSSR count). The maximum atomic E-state index is 13.1. The third-order valence-corrected chi connectivity index (χ3v) is 4.56. The van der Waals surface area contributed by atoms with Gasteiger partial charge in [-0.3, -0.25) is 0 Å². The van der Waals surface area contributed by atoms with Crippen molar-refractivity contribution in [2.24, 2.45) is 0 Å². The van der Waals surface area contributed by atoms with Crippen molar-refractivity contribution < 1.29 is 12.8 Å². The van der Waals surface area contributed by atoms with Gasteiger partial charge in [-0.1, -0.05) is 11.6 Å². The van der Waals surface area contributed by atoms with Crippen LogP contribution < -0.4 is 4.72 Å². The average Bonchev–Trinajstić information content (AvgIpc) is 2.90. The normalized spacial score (nSPS) is 11.7. The minimum Gasteiger partial charge on any atom is -0.349 e. The lowest BCUT2D eigenvalue weighted by molar-refractivity contribution is 0.575. The van der Waals surface area contributed by atoms with E-state index in [9.17, 15) is 12.8 Å². The number of imidazole rings is 1. The molecule has 0 aliphatic heterocycles. The van der Waals surface area contributed by atoms with Crippen LogP contribution in [0.25, 0.3) is 0 Å². The molecule has 0 atom stereocenters. The van der Waals surface area contributed by atoms with Gasteiger partial charge in [-0.2, -0.15) is 0 Å². The van der Waals surface area contributed by atoms with Crippen molar-refractivity contribution in [2.75, 3.05) is 6.54 Å². The number of nitrogens with zero attached hydrogens (tertiary/aromatic N) is 1.